The zero-order valence-corrected chi connectivity index (χ0v) is 18.1. The minimum atomic E-state index is -1.33. The van der Waals surface area contributed by atoms with Crippen molar-refractivity contribution in [3.05, 3.63) is 59.2 Å². The summed E-state index contributed by atoms with van der Waals surface area (Å²) < 4.78 is 27.4. The fourth-order valence-electron chi connectivity index (χ4n) is 3.76. The number of carbonyl (C=O) groups is 2. The summed E-state index contributed by atoms with van der Waals surface area (Å²) in [6.45, 7) is 2.07. The van der Waals surface area contributed by atoms with Gasteiger partial charge in [-0.15, -0.1) is 0 Å². The molecule has 0 bridgehead atoms. The van der Waals surface area contributed by atoms with Gasteiger partial charge in [0.2, 0.25) is 0 Å². The van der Waals surface area contributed by atoms with Crippen LogP contribution >= 0.6 is 0 Å². The highest BCUT2D eigenvalue weighted by atomic mass is 16.6. The second-order valence-electron chi connectivity index (χ2n) is 6.91. The number of nitrogens with one attached hydrogen (secondary N) is 1. The quantitative estimate of drug-likeness (QED) is 0.640. The number of hydrogen-bond donors (Lipinski definition) is 1. The maximum absolute atomic E-state index is 12.3. The molecule has 1 aliphatic rings. The van der Waals surface area contributed by atoms with Crippen LogP contribution in [0.1, 0.15) is 42.6 Å². The number of carbonyl (C=O) groups excluding carboxylic acids is 2. The molecule has 0 fully saturated rings. The monoisotopic (exact) mass is 429 g/mol. The molecule has 2 aromatic carbocycles. The van der Waals surface area contributed by atoms with Gasteiger partial charge in [0.25, 0.3) is 0 Å². The number of fused-ring (bicyclic) bond motifs is 1. The van der Waals surface area contributed by atoms with E-state index in [2.05, 4.69) is 5.32 Å². The molecule has 2 atom stereocenters. The van der Waals surface area contributed by atoms with Crippen LogP contribution in [0.25, 0.3) is 0 Å². The predicted molar refractivity (Wildman–Crippen MR) is 112 cm³/mol. The van der Waals surface area contributed by atoms with Gasteiger partial charge in [-0.2, -0.15) is 0 Å². The van der Waals surface area contributed by atoms with Gasteiger partial charge in [0, 0.05) is 17.5 Å². The first kappa shape index (κ1) is 22.4. The van der Waals surface area contributed by atoms with Crippen molar-refractivity contribution in [2.45, 2.75) is 31.6 Å². The summed E-state index contributed by atoms with van der Waals surface area (Å²) in [7, 11) is 4.37. The third kappa shape index (κ3) is 4.44. The van der Waals surface area contributed by atoms with E-state index < -0.39 is 17.9 Å². The first-order valence-corrected chi connectivity index (χ1v) is 10.0. The molecule has 0 aromatic heterocycles. The molecule has 1 N–H and O–H groups in total. The normalized spacial score (nSPS) is 19.3. The van der Waals surface area contributed by atoms with Gasteiger partial charge in [0.15, 0.2) is 17.2 Å². The van der Waals surface area contributed by atoms with E-state index in [0.717, 1.165) is 5.56 Å². The van der Waals surface area contributed by atoms with E-state index >= 15 is 0 Å². The van der Waals surface area contributed by atoms with Crippen molar-refractivity contribution in [3.8, 4) is 11.5 Å². The van der Waals surface area contributed by atoms with Gasteiger partial charge in [0.05, 0.1) is 34.0 Å². The fraction of sp³-hybridized carbons (Fsp3) is 0.391. The number of amides is 1. The lowest BCUT2D eigenvalue weighted by atomic mass is 9.90. The number of esters is 1. The van der Waals surface area contributed by atoms with E-state index in [1.807, 2.05) is 36.4 Å². The van der Waals surface area contributed by atoms with E-state index in [1.54, 1.807) is 20.1 Å². The lowest BCUT2D eigenvalue weighted by molar-refractivity contribution is -0.144. The molecule has 0 spiro atoms. The number of alkyl carbamates (subject to hydrolysis) is 1. The summed E-state index contributed by atoms with van der Waals surface area (Å²) >= 11 is 0. The maximum atomic E-state index is 12.3. The lowest BCUT2D eigenvalue weighted by Crippen LogP contribution is -2.46. The van der Waals surface area contributed by atoms with Crippen LogP contribution in [0.4, 0.5) is 4.79 Å². The third-order valence-corrected chi connectivity index (χ3v) is 5.16. The van der Waals surface area contributed by atoms with Gasteiger partial charge in [-0.05, 0) is 31.0 Å². The van der Waals surface area contributed by atoms with Crippen LogP contribution in [0.2, 0.25) is 0 Å². The summed E-state index contributed by atoms with van der Waals surface area (Å²) in [4.78, 5) is 24.3. The van der Waals surface area contributed by atoms with Crippen molar-refractivity contribution < 1.29 is 33.3 Å². The Morgan fingerprint density at radius 2 is 1.74 bits per heavy atom. The molecule has 166 valence electrons. The van der Waals surface area contributed by atoms with Gasteiger partial charge < -0.3 is 23.7 Å². The predicted octanol–water partition coefficient (Wildman–Crippen LogP) is 3.68. The highest BCUT2D eigenvalue weighted by molar-refractivity contribution is 5.71. The Hall–Kier alpha value is -3.26. The first-order valence-electron chi connectivity index (χ1n) is 10.0. The molecule has 1 amide bonds. The zero-order valence-electron chi connectivity index (χ0n) is 18.1. The summed E-state index contributed by atoms with van der Waals surface area (Å²) in [6.07, 6.45) is -0.638. The summed E-state index contributed by atoms with van der Waals surface area (Å²) in [5.74, 6) is 0.696. The van der Waals surface area contributed by atoms with Crippen LogP contribution in [-0.4, -0.2) is 40.0 Å². The highest BCUT2D eigenvalue weighted by Gasteiger charge is 2.48. The minimum Gasteiger partial charge on any atom is -0.493 e. The number of rotatable bonds is 8. The molecule has 2 unspecified atom stereocenters. The molecule has 0 saturated heterocycles. The molecule has 1 heterocycles. The molecule has 3 rings (SSSR count). The number of hydrogen-bond acceptors (Lipinski definition) is 7. The van der Waals surface area contributed by atoms with Gasteiger partial charge >= 0.3 is 12.1 Å². The van der Waals surface area contributed by atoms with E-state index in [9.17, 15) is 9.59 Å². The summed E-state index contributed by atoms with van der Waals surface area (Å²) in [5.41, 5.74) is 0.827. The Morgan fingerprint density at radius 3 is 2.35 bits per heavy atom. The summed E-state index contributed by atoms with van der Waals surface area (Å²) in [6, 6.07) is 12.9. The van der Waals surface area contributed by atoms with Gasteiger partial charge in [-0.25, -0.2) is 4.79 Å². The van der Waals surface area contributed by atoms with E-state index in [0.29, 0.717) is 35.7 Å². The molecule has 2 aromatic rings. The number of ether oxygens (including phenoxy) is 5. The van der Waals surface area contributed by atoms with Crippen LogP contribution in [-0.2, 0) is 24.7 Å². The topological polar surface area (TPSA) is 92.3 Å². The van der Waals surface area contributed by atoms with E-state index in [-0.39, 0.29) is 12.4 Å². The second kappa shape index (κ2) is 9.70. The maximum Gasteiger partial charge on any atom is 0.409 e. The zero-order chi connectivity index (χ0) is 22.4. The third-order valence-electron chi connectivity index (χ3n) is 5.16. The van der Waals surface area contributed by atoms with Crippen molar-refractivity contribution in [1.82, 2.24) is 5.32 Å². The molecule has 8 nitrogen and oxygen atoms in total. The van der Waals surface area contributed by atoms with Crippen molar-refractivity contribution in [1.29, 1.82) is 0 Å². The molecule has 1 aliphatic heterocycles. The van der Waals surface area contributed by atoms with Crippen molar-refractivity contribution >= 4 is 12.1 Å². The van der Waals surface area contributed by atoms with Crippen LogP contribution in [0.15, 0.2) is 42.5 Å². The Kier molecular flexibility index (Phi) is 7.02. The van der Waals surface area contributed by atoms with Crippen molar-refractivity contribution in [3.63, 3.8) is 0 Å². The van der Waals surface area contributed by atoms with Crippen LogP contribution in [0, 0.1) is 0 Å². The Bertz CT molecular complexity index is 931. The molecule has 8 heteroatoms. The fourth-order valence-corrected chi connectivity index (χ4v) is 3.76. The molecular formula is C23H27NO7. The summed E-state index contributed by atoms with van der Waals surface area (Å²) in [5, 5.41) is 2.85. The first-order chi connectivity index (χ1) is 15.0. The standard InChI is InChI=1S/C23H27NO7/c1-5-30-21(25)12-11-18-16-13-19(27-2)20(28-3)14-17(16)23(31-18,24-22(26)29-4)15-9-7-6-8-10-15/h6-10,13-14,18H,5,11-12H2,1-4H3,(H,24,26). The molecule has 0 radical (unpaired) electrons. The average Bonchev–Trinajstić information content (AvgIpc) is 3.10. The SMILES string of the molecule is CCOC(=O)CCC1OC(NC(=O)OC)(c2ccccc2)c2cc(OC)c(OC)cc21. The second-order valence-corrected chi connectivity index (χ2v) is 6.91. The van der Waals surface area contributed by atoms with E-state index in [4.69, 9.17) is 23.7 Å². The Balaban J connectivity index is 2.13. The molecule has 0 saturated carbocycles. The number of methoxy groups -OCH3 is 3. The van der Waals surface area contributed by atoms with Gasteiger partial charge in [0.1, 0.15) is 0 Å². The Labute approximate surface area is 181 Å². The van der Waals surface area contributed by atoms with Crippen molar-refractivity contribution in [2.24, 2.45) is 0 Å². The highest BCUT2D eigenvalue weighted by Crippen LogP contribution is 2.50. The largest absolute Gasteiger partial charge is 0.493 e. The van der Waals surface area contributed by atoms with Crippen LogP contribution in [0.5, 0.6) is 11.5 Å². The molecule has 0 aliphatic carbocycles. The average molecular weight is 429 g/mol. The molecule has 31 heavy (non-hydrogen) atoms. The van der Waals surface area contributed by atoms with Crippen LogP contribution in [0.3, 0.4) is 0 Å². The number of benzene rings is 2. The molecular weight excluding hydrogens is 402 g/mol. The Morgan fingerprint density at radius 1 is 1.06 bits per heavy atom. The smallest absolute Gasteiger partial charge is 0.409 e. The van der Waals surface area contributed by atoms with Crippen molar-refractivity contribution in [2.75, 3.05) is 27.9 Å². The lowest BCUT2D eigenvalue weighted by Gasteiger charge is -2.31. The van der Waals surface area contributed by atoms with E-state index in [1.165, 1.54) is 14.2 Å². The van der Waals surface area contributed by atoms with Crippen LogP contribution < -0.4 is 14.8 Å². The minimum absolute atomic E-state index is 0.162. The van der Waals surface area contributed by atoms with Gasteiger partial charge in [-0.3, -0.25) is 10.1 Å². The van der Waals surface area contributed by atoms with Gasteiger partial charge in [-0.1, -0.05) is 30.3 Å².